The standard InChI is InChI=1S/C9H18Cl2N2/c1-8(2)13(3)5-4-12-7-9(11)6-10/h6,8,12H,4-5,7H2,1-3H3. The SMILES string of the molecule is CC(C)N(C)CCNCC(Cl)=CCl. The molecule has 0 amide bonds. The van der Waals surface area contributed by atoms with Crippen LogP contribution >= 0.6 is 23.2 Å². The minimum absolute atomic E-state index is 0.584. The lowest BCUT2D eigenvalue weighted by molar-refractivity contribution is 0.275. The van der Waals surface area contributed by atoms with Crippen molar-refractivity contribution in [2.24, 2.45) is 0 Å². The average Bonchev–Trinajstić information content (AvgIpc) is 2.11. The fraction of sp³-hybridized carbons (Fsp3) is 0.778. The fourth-order valence-electron chi connectivity index (χ4n) is 0.760. The van der Waals surface area contributed by atoms with E-state index in [0.717, 1.165) is 13.1 Å². The summed E-state index contributed by atoms with van der Waals surface area (Å²) in [7, 11) is 2.10. The van der Waals surface area contributed by atoms with Crippen LogP contribution in [0.25, 0.3) is 0 Å². The third kappa shape index (κ3) is 7.32. The van der Waals surface area contributed by atoms with Crippen molar-refractivity contribution in [3.05, 3.63) is 10.6 Å². The molecule has 0 aromatic heterocycles. The highest BCUT2D eigenvalue weighted by atomic mass is 35.5. The van der Waals surface area contributed by atoms with Crippen LogP contribution in [-0.4, -0.2) is 37.6 Å². The molecule has 0 bridgehead atoms. The quantitative estimate of drug-likeness (QED) is 0.697. The number of nitrogens with one attached hydrogen (secondary N) is 1. The zero-order valence-electron chi connectivity index (χ0n) is 8.48. The Balaban J connectivity index is 3.36. The van der Waals surface area contributed by atoms with Crippen LogP contribution in [0.3, 0.4) is 0 Å². The van der Waals surface area contributed by atoms with Gasteiger partial charge in [0, 0.05) is 36.2 Å². The molecule has 0 aliphatic carbocycles. The molecule has 2 nitrogen and oxygen atoms in total. The van der Waals surface area contributed by atoms with E-state index in [1.807, 2.05) is 0 Å². The summed E-state index contributed by atoms with van der Waals surface area (Å²) in [5, 5.41) is 3.84. The van der Waals surface area contributed by atoms with E-state index in [9.17, 15) is 0 Å². The summed E-state index contributed by atoms with van der Waals surface area (Å²) in [6, 6.07) is 0.584. The molecule has 0 fully saturated rings. The van der Waals surface area contributed by atoms with Crippen molar-refractivity contribution < 1.29 is 0 Å². The topological polar surface area (TPSA) is 15.3 Å². The summed E-state index contributed by atoms with van der Waals surface area (Å²) < 4.78 is 0. The maximum atomic E-state index is 5.70. The molecule has 0 aromatic rings. The van der Waals surface area contributed by atoms with E-state index in [0.29, 0.717) is 17.6 Å². The molecule has 0 spiro atoms. The van der Waals surface area contributed by atoms with Gasteiger partial charge in [0.2, 0.25) is 0 Å². The van der Waals surface area contributed by atoms with Gasteiger partial charge in [0.15, 0.2) is 0 Å². The fourth-order valence-corrected chi connectivity index (χ4v) is 0.932. The van der Waals surface area contributed by atoms with Crippen LogP contribution in [-0.2, 0) is 0 Å². The van der Waals surface area contributed by atoms with Crippen molar-refractivity contribution in [3.8, 4) is 0 Å². The smallest absolute Gasteiger partial charge is 0.0431 e. The van der Waals surface area contributed by atoms with Crippen LogP contribution in [0, 0.1) is 0 Å². The Bertz CT molecular complexity index is 158. The zero-order valence-corrected chi connectivity index (χ0v) is 9.99. The minimum atomic E-state index is 0.584. The average molecular weight is 225 g/mol. The molecule has 0 aliphatic heterocycles. The molecule has 0 saturated heterocycles. The van der Waals surface area contributed by atoms with E-state index in [-0.39, 0.29) is 0 Å². The number of hydrogen-bond acceptors (Lipinski definition) is 2. The summed E-state index contributed by atoms with van der Waals surface area (Å²) in [5.41, 5.74) is 1.39. The molecule has 4 heteroatoms. The molecule has 0 heterocycles. The van der Waals surface area contributed by atoms with Crippen molar-refractivity contribution >= 4 is 23.2 Å². The van der Waals surface area contributed by atoms with Crippen LogP contribution in [0.15, 0.2) is 10.6 Å². The third-order valence-corrected chi connectivity index (χ3v) is 2.55. The zero-order chi connectivity index (χ0) is 10.3. The summed E-state index contributed by atoms with van der Waals surface area (Å²) in [4.78, 5) is 2.27. The molecule has 1 N–H and O–H groups in total. The Kier molecular flexibility index (Phi) is 7.77. The van der Waals surface area contributed by atoms with Crippen LogP contribution < -0.4 is 5.32 Å². The Morgan fingerprint density at radius 2 is 2.15 bits per heavy atom. The van der Waals surface area contributed by atoms with Gasteiger partial charge in [-0.2, -0.15) is 0 Å². The highest BCUT2D eigenvalue weighted by Gasteiger charge is 2.01. The summed E-state index contributed by atoms with van der Waals surface area (Å²) in [5.74, 6) is 0. The predicted molar refractivity (Wildman–Crippen MR) is 60.4 cm³/mol. The first-order valence-electron chi connectivity index (χ1n) is 4.43. The van der Waals surface area contributed by atoms with Crippen molar-refractivity contribution in [1.82, 2.24) is 10.2 Å². The lowest BCUT2D eigenvalue weighted by Gasteiger charge is -2.20. The van der Waals surface area contributed by atoms with Crippen LogP contribution in [0.1, 0.15) is 13.8 Å². The first kappa shape index (κ1) is 13.2. The highest BCUT2D eigenvalue weighted by Crippen LogP contribution is 2.00. The van der Waals surface area contributed by atoms with Crippen molar-refractivity contribution in [2.75, 3.05) is 26.7 Å². The van der Waals surface area contributed by atoms with Gasteiger partial charge in [-0.05, 0) is 20.9 Å². The van der Waals surface area contributed by atoms with Gasteiger partial charge in [0.25, 0.3) is 0 Å². The lowest BCUT2D eigenvalue weighted by Crippen LogP contribution is -2.34. The second-order valence-corrected chi connectivity index (χ2v) is 4.01. The van der Waals surface area contributed by atoms with Crippen LogP contribution in [0.5, 0.6) is 0 Å². The summed E-state index contributed by atoms with van der Waals surface area (Å²) >= 11 is 11.1. The van der Waals surface area contributed by atoms with Crippen molar-refractivity contribution in [1.29, 1.82) is 0 Å². The molecular weight excluding hydrogens is 207 g/mol. The molecule has 78 valence electrons. The summed E-state index contributed by atoms with van der Waals surface area (Å²) in [6.45, 7) is 6.94. The molecule has 0 aromatic carbocycles. The largest absolute Gasteiger partial charge is 0.310 e. The maximum Gasteiger partial charge on any atom is 0.0431 e. The molecule has 0 radical (unpaired) electrons. The maximum absolute atomic E-state index is 5.70. The first-order valence-corrected chi connectivity index (χ1v) is 5.25. The Labute approximate surface area is 90.9 Å². The molecule has 13 heavy (non-hydrogen) atoms. The summed E-state index contributed by atoms with van der Waals surface area (Å²) in [6.07, 6.45) is 0. The monoisotopic (exact) mass is 224 g/mol. The molecule has 0 saturated carbocycles. The van der Waals surface area contributed by atoms with E-state index >= 15 is 0 Å². The second kappa shape index (κ2) is 7.63. The van der Waals surface area contributed by atoms with E-state index < -0.39 is 0 Å². The Morgan fingerprint density at radius 1 is 1.54 bits per heavy atom. The number of likely N-dealkylation sites (N-methyl/N-ethyl adjacent to an activating group) is 1. The minimum Gasteiger partial charge on any atom is -0.310 e. The van der Waals surface area contributed by atoms with E-state index in [2.05, 4.69) is 31.1 Å². The predicted octanol–water partition coefficient (Wildman–Crippen LogP) is 2.24. The first-order chi connectivity index (χ1) is 6.07. The second-order valence-electron chi connectivity index (χ2n) is 3.31. The van der Waals surface area contributed by atoms with Gasteiger partial charge in [-0.15, -0.1) is 0 Å². The van der Waals surface area contributed by atoms with E-state index in [1.54, 1.807) is 0 Å². The van der Waals surface area contributed by atoms with Crippen LogP contribution in [0.2, 0.25) is 0 Å². The van der Waals surface area contributed by atoms with Gasteiger partial charge in [0.1, 0.15) is 0 Å². The lowest BCUT2D eigenvalue weighted by atomic mass is 10.3. The molecule has 0 aliphatic rings. The Morgan fingerprint density at radius 3 is 2.62 bits per heavy atom. The highest BCUT2D eigenvalue weighted by molar-refractivity contribution is 6.36. The van der Waals surface area contributed by atoms with Crippen molar-refractivity contribution in [3.63, 3.8) is 0 Å². The molecule has 0 rings (SSSR count). The van der Waals surface area contributed by atoms with Gasteiger partial charge < -0.3 is 10.2 Å². The number of hydrogen-bond donors (Lipinski definition) is 1. The third-order valence-electron chi connectivity index (χ3n) is 1.94. The normalized spacial score (nSPS) is 13.0. The van der Waals surface area contributed by atoms with Gasteiger partial charge in [-0.25, -0.2) is 0 Å². The number of nitrogens with zero attached hydrogens (tertiary/aromatic N) is 1. The van der Waals surface area contributed by atoms with Gasteiger partial charge in [-0.1, -0.05) is 23.2 Å². The van der Waals surface area contributed by atoms with E-state index in [1.165, 1.54) is 5.54 Å². The van der Waals surface area contributed by atoms with Gasteiger partial charge >= 0.3 is 0 Å². The van der Waals surface area contributed by atoms with Gasteiger partial charge in [-0.3, -0.25) is 0 Å². The van der Waals surface area contributed by atoms with Crippen molar-refractivity contribution in [2.45, 2.75) is 19.9 Å². The van der Waals surface area contributed by atoms with Gasteiger partial charge in [0.05, 0.1) is 0 Å². The van der Waals surface area contributed by atoms with E-state index in [4.69, 9.17) is 23.2 Å². The number of rotatable bonds is 6. The Hall–Kier alpha value is 0.240. The van der Waals surface area contributed by atoms with Crippen LogP contribution in [0.4, 0.5) is 0 Å². The molecule has 0 unspecified atom stereocenters. The molecular formula is C9H18Cl2N2. The molecule has 0 atom stereocenters. The number of halogens is 2.